The quantitative estimate of drug-likeness (QED) is 0.818. The maximum absolute atomic E-state index is 12.4. The largest absolute Gasteiger partial charge is 0.349 e. The van der Waals surface area contributed by atoms with Crippen molar-refractivity contribution < 1.29 is 9.59 Å². The fraction of sp³-hybridized carbons (Fsp3) is 0.364. The Morgan fingerprint density at radius 2 is 1.46 bits per heavy atom. The number of benzene rings is 2. The highest BCUT2D eigenvalue weighted by atomic mass is 16.2. The zero-order valence-corrected chi connectivity index (χ0v) is 15.5. The minimum atomic E-state index is -0.234. The van der Waals surface area contributed by atoms with E-state index in [4.69, 9.17) is 0 Å². The van der Waals surface area contributed by atoms with Gasteiger partial charge >= 0.3 is 0 Å². The number of carbonyl (C=O) groups excluding carboxylic acids is 2. The van der Waals surface area contributed by atoms with E-state index in [0.717, 1.165) is 11.3 Å². The average molecular weight is 350 g/mol. The first-order valence-corrected chi connectivity index (χ1v) is 9.22. The number of hydrogen-bond acceptors (Lipinski definition) is 2. The monoisotopic (exact) mass is 350 g/mol. The van der Waals surface area contributed by atoms with E-state index < -0.39 is 0 Å². The Balaban J connectivity index is 1.51. The number of hydrogen-bond donors (Lipinski definition) is 2. The van der Waals surface area contributed by atoms with Crippen molar-refractivity contribution in [3.8, 4) is 0 Å². The first-order valence-electron chi connectivity index (χ1n) is 9.22. The standard InChI is InChI=1S/C22H26N2O2/c1-14(2)16-9-11-18(12-10-16)24-22(26)20-13-19(20)21(25)23-15(3)17-7-5-4-6-8-17/h4-12,14-15,19-20H,13H2,1-3H3,(H,23,25)(H,24,26). The summed E-state index contributed by atoms with van der Waals surface area (Å²) in [5.41, 5.74) is 3.08. The molecule has 2 aromatic rings. The summed E-state index contributed by atoms with van der Waals surface area (Å²) in [6.45, 7) is 6.23. The van der Waals surface area contributed by atoms with Crippen LogP contribution in [0.5, 0.6) is 0 Å². The minimum Gasteiger partial charge on any atom is -0.349 e. The highest BCUT2D eigenvalue weighted by Gasteiger charge is 2.48. The molecule has 0 bridgehead atoms. The molecule has 3 rings (SSSR count). The van der Waals surface area contributed by atoms with Crippen molar-refractivity contribution >= 4 is 17.5 Å². The molecule has 0 spiro atoms. The zero-order chi connectivity index (χ0) is 18.7. The van der Waals surface area contributed by atoms with Crippen molar-refractivity contribution in [1.29, 1.82) is 0 Å². The van der Waals surface area contributed by atoms with E-state index in [1.807, 2.05) is 61.5 Å². The summed E-state index contributed by atoms with van der Waals surface area (Å²) in [5, 5.41) is 5.93. The molecule has 4 heteroatoms. The lowest BCUT2D eigenvalue weighted by Crippen LogP contribution is -2.29. The molecule has 4 nitrogen and oxygen atoms in total. The van der Waals surface area contributed by atoms with Gasteiger partial charge in [0, 0.05) is 5.69 Å². The summed E-state index contributed by atoms with van der Waals surface area (Å²) < 4.78 is 0. The summed E-state index contributed by atoms with van der Waals surface area (Å²) in [5.74, 6) is -0.117. The molecular formula is C22H26N2O2. The predicted molar refractivity (Wildman–Crippen MR) is 104 cm³/mol. The Morgan fingerprint density at radius 1 is 0.846 bits per heavy atom. The second-order valence-electron chi connectivity index (χ2n) is 7.36. The first-order chi connectivity index (χ1) is 12.5. The molecule has 0 aliphatic heterocycles. The van der Waals surface area contributed by atoms with Crippen LogP contribution in [0.15, 0.2) is 54.6 Å². The number of nitrogens with one attached hydrogen (secondary N) is 2. The molecule has 1 aliphatic rings. The lowest BCUT2D eigenvalue weighted by molar-refractivity contribution is -0.125. The molecule has 0 heterocycles. The van der Waals surface area contributed by atoms with Crippen molar-refractivity contribution in [1.82, 2.24) is 5.32 Å². The molecular weight excluding hydrogens is 324 g/mol. The van der Waals surface area contributed by atoms with Gasteiger partial charge in [-0.25, -0.2) is 0 Å². The fourth-order valence-electron chi connectivity index (χ4n) is 3.11. The molecule has 1 fully saturated rings. The van der Waals surface area contributed by atoms with Crippen molar-refractivity contribution in [3.05, 3.63) is 65.7 Å². The molecule has 1 aliphatic carbocycles. The van der Waals surface area contributed by atoms with Gasteiger partial charge in [0.15, 0.2) is 0 Å². The van der Waals surface area contributed by atoms with Crippen LogP contribution in [0.1, 0.15) is 50.3 Å². The van der Waals surface area contributed by atoms with Gasteiger partial charge in [-0.1, -0.05) is 56.3 Å². The van der Waals surface area contributed by atoms with Crippen molar-refractivity contribution in [2.75, 3.05) is 5.32 Å². The summed E-state index contributed by atoms with van der Waals surface area (Å²) >= 11 is 0. The molecule has 136 valence electrons. The van der Waals surface area contributed by atoms with Crippen LogP contribution >= 0.6 is 0 Å². The average Bonchev–Trinajstić information content (AvgIpc) is 3.44. The van der Waals surface area contributed by atoms with Crippen LogP contribution in [0.25, 0.3) is 0 Å². The molecule has 0 radical (unpaired) electrons. The summed E-state index contributed by atoms with van der Waals surface area (Å²) in [6, 6.07) is 17.7. The van der Waals surface area contributed by atoms with Crippen LogP contribution in [-0.2, 0) is 9.59 Å². The van der Waals surface area contributed by atoms with E-state index >= 15 is 0 Å². The molecule has 2 amide bonds. The third-order valence-corrected chi connectivity index (χ3v) is 4.97. The third kappa shape index (κ3) is 4.31. The molecule has 3 unspecified atom stereocenters. The molecule has 2 aromatic carbocycles. The molecule has 2 N–H and O–H groups in total. The normalized spacial score (nSPS) is 19.7. The van der Waals surface area contributed by atoms with Gasteiger partial charge in [0.05, 0.1) is 17.9 Å². The highest BCUT2D eigenvalue weighted by molar-refractivity contribution is 5.99. The number of rotatable bonds is 6. The van der Waals surface area contributed by atoms with Crippen LogP contribution in [0, 0.1) is 11.8 Å². The number of anilines is 1. The molecule has 26 heavy (non-hydrogen) atoms. The van der Waals surface area contributed by atoms with Crippen LogP contribution < -0.4 is 10.6 Å². The Kier molecular flexibility index (Phi) is 5.40. The van der Waals surface area contributed by atoms with Crippen LogP contribution in [-0.4, -0.2) is 11.8 Å². The second kappa shape index (κ2) is 7.73. The van der Waals surface area contributed by atoms with Gasteiger partial charge in [0.2, 0.25) is 11.8 Å². The van der Waals surface area contributed by atoms with Gasteiger partial charge in [-0.3, -0.25) is 9.59 Å². The van der Waals surface area contributed by atoms with Gasteiger partial charge in [-0.15, -0.1) is 0 Å². The molecule has 1 saturated carbocycles. The SMILES string of the molecule is CC(C)c1ccc(NC(=O)C2CC2C(=O)NC(C)c2ccccc2)cc1. The second-order valence-corrected chi connectivity index (χ2v) is 7.36. The number of amides is 2. The Labute approximate surface area is 155 Å². The summed E-state index contributed by atoms with van der Waals surface area (Å²) in [7, 11) is 0. The van der Waals surface area contributed by atoms with E-state index in [-0.39, 0.29) is 29.7 Å². The van der Waals surface area contributed by atoms with Crippen LogP contribution in [0.3, 0.4) is 0 Å². The Hall–Kier alpha value is -2.62. The van der Waals surface area contributed by atoms with E-state index in [1.165, 1.54) is 5.56 Å². The maximum atomic E-state index is 12.4. The van der Waals surface area contributed by atoms with Crippen molar-refractivity contribution in [2.45, 2.75) is 39.2 Å². The smallest absolute Gasteiger partial charge is 0.228 e. The Bertz CT molecular complexity index is 768. The Morgan fingerprint density at radius 3 is 2.08 bits per heavy atom. The van der Waals surface area contributed by atoms with Gasteiger partial charge < -0.3 is 10.6 Å². The lowest BCUT2D eigenvalue weighted by Gasteiger charge is -2.14. The minimum absolute atomic E-state index is 0.0448. The van der Waals surface area contributed by atoms with Crippen LogP contribution in [0.2, 0.25) is 0 Å². The van der Waals surface area contributed by atoms with Crippen LogP contribution in [0.4, 0.5) is 5.69 Å². The maximum Gasteiger partial charge on any atom is 0.228 e. The van der Waals surface area contributed by atoms with Gasteiger partial charge in [0.1, 0.15) is 0 Å². The topological polar surface area (TPSA) is 58.2 Å². The highest BCUT2D eigenvalue weighted by Crippen LogP contribution is 2.40. The third-order valence-electron chi connectivity index (χ3n) is 4.97. The number of carbonyl (C=O) groups is 2. The lowest BCUT2D eigenvalue weighted by atomic mass is 10.0. The summed E-state index contributed by atoms with van der Waals surface area (Å²) in [4.78, 5) is 24.8. The van der Waals surface area contributed by atoms with E-state index in [1.54, 1.807) is 0 Å². The first kappa shape index (κ1) is 18.2. The molecule has 0 saturated heterocycles. The van der Waals surface area contributed by atoms with Gasteiger partial charge in [0.25, 0.3) is 0 Å². The van der Waals surface area contributed by atoms with E-state index in [9.17, 15) is 9.59 Å². The fourth-order valence-corrected chi connectivity index (χ4v) is 3.11. The van der Waals surface area contributed by atoms with Crippen molar-refractivity contribution in [3.63, 3.8) is 0 Å². The molecule has 3 atom stereocenters. The predicted octanol–water partition coefficient (Wildman–Crippen LogP) is 4.26. The van der Waals surface area contributed by atoms with Crippen molar-refractivity contribution in [2.24, 2.45) is 11.8 Å². The van der Waals surface area contributed by atoms with Gasteiger partial charge in [-0.2, -0.15) is 0 Å². The van der Waals surface area contributed by atoms with E-state index in [2.05, 4.69) is 24.5 Å². The van der Waals surface area contributed by atoms with E-state index in [0.29, 0.717) is 12.3 Å². The van der Waals surface area contributed by atoms with Gasteiger partial charge in [-0.05, 0) is 42.5 Å². The summed E-state index contributed by atoms with van der Waals surface area (Å²) in [6.07, 6.45) is 0.614. The zero-order valence-electron chi connectivity index (χ0n) is 15.5. The molecule has 0 aromatic heterocycles.